The summed E-state index contributed by atoms with van der Waals surface area (Å²) in [5.74, 6) is -0.0785. The number of Topliss-reactive ketones (excluding diaryl/α,β-unsaturated/α-hetero) is 1. The number of thiazole rings is 1. The molecular weight excluding hydrogens is 390 g/mol. The van der Waals surface area contributed by atoms with Crippen LogP contribution in [-0.4, -0.2) is 34.0 Å². The molecule has 8 heteroatoms. The Balaban J connectivity index is 1.69. The van der Waals surface area contributed by atoms with Crippen molar-refractivity contribution < 1.29 is 18.7 Å². The molecule has 1 atom stereocenters. The van der Waals surface area contributed by atoms with Gasteiger partial charge >= 0.3 is 5.97 Å². The van der Waals surface area contributed by atoms with Crippen LogP contribution in [-0.2, 0) is 11.3 Å². The molecule has 0 aromatic carbocycles. The molecule has 3 aromatic rings. The van der Waals surface area contributed by atoms with Crippen LogP contribution in [0.1, 0.15) is 44.9 Å². The number of carbonyl (C=O) groups is 2. The van der Waals surface area contributed by atoms with Gasteiger partial charge in [-0.05, 0) is 39.0 Å². The van der Waals surface area contributed by atoms with E-state index in [4.69, 9.17) is 9.15 Å². The van der Waals surface area contributed by atoms with E-state index in [2.05, 4.69) is 16.9 Å². The normalized spacial score (nSPS) is 11.8. The van der Waals surface area contributed by atoms with Gasteiger partial charge in [0.2, 0.25) is 5.78 Å². The molecule has 0 amide bonds. The highest BCUT2D eigenvalue weighted by atomic mass is 32.1. The van der Waals surface area contributed by atoms with Crippen LogP contribution in [0.4, 0.5) is 5.13 Å². The molecular formula is C21H23N3O4S. The first kappa shape index (κ1) is 20.6. The molecule has 1 N–H and O–H groups in total. The second kappa shape index (κ2) is 8.91. The molecule has 29 heavy (non-hydrogen) atoms. The minimum Gasteiger partial charge on any atom is -0.467 e. The first-order valence-electron chi connectivity index (χ1n) is 9.15. The molecule has 152 valence electrons. The summed E-state index contributed by atoms with van der Waals surface area (Å²) in [5, 5.41) is 5.20. The van der Waals surface area contributed by atoms with E-state index in [-0.39, 0.29) is 11.5 Å². The third-order valence-electron chi connectivity index (χ3n) is 4.50. The molecule has 0 saturated heterocycles. The smallest absolute Gasteiger partial charge is 0.358 e. The lowest BCUT2D eigenvalue weighted by Crippen LogP contribution is -2.25. The van der Waals surface area contributed by atoms with Crippen molar-refractivity contribution in [2.24, 2.45) is 0 Å². The number of aryl methyl sites for hydroxylation is 1. The molecule has 0 bridgehead atoms. The maximum atomic E-state index is 12.9. The second-order valence-electron chi connectivity index (χ2n) is 6.57. The van der Waals surface area contributed by atoms with Crippen molar-refractivity contribution in [3.63, 3.8) is 0 Å². The number of anilines is 1. The Labute approximate surface area is 173 Å². The molecule has 3 rings (SSSR count). The van der Waals surface area contributed by atoms with Gasteiger partial charge in [-0.2, -0.15) is 0 Å². The standard InChI is InChI=1S/C21H23N3O4S/c1-5-8-22-21-23-18(12-29-21)20(26)28-15(4)19(25)17-10-13(2)24(14(17)3)11-16-7-6-9-27-16/h5-7,9-10,12,15H,1,8,11H2,2-4H3,(H,22,23)/t15-/m1/s1. The molecule has 0 aliphatic rings. The highest BCUT2D eigenvalue weighted by molar-refractivity contribution is 7.13. The van der Waals surface area contributed by atoms with Crippen LogP contribution in [0.5, 0.6) is 0 Å². The number of rotatable bonds is 9. The predicted molar refractivity (Wildman–Crippen MR) is 112 cm³/mol. The Bertz CT molecular complexity index is 1020. The summed E-state index contributed by atoms with van der Waals surface area (Å²) in [6.45, 7) is 10.1. The first-order valence-corrected chi connectivity index (χ1v) is 10.0. The summed E-state index contributed by atoms with van der Waals surface area (Å²) in [5.41, 5.74) is 2.43. The summed E-state index contributed by atoms with van der Waals surface area (Å²) in [6.07, 6.45) is 2.39. The quantitative estimate of drug-likeness (QED) is 0.321. The number of nitrogens with zero attached hydrogens (tertiary/aromatic N) is 2. The average Bonchev–Trinajstić information content (AvgIpc) is 3.43. The zero-order chi connectivity index (χ0) is 21.0. The Morgan fingerprint density at radius 3 is 2.93 bits per heavy atom. The minimum absolute atomic E-state index is 0.171. The van der Waals surface area contributed by atoms with Gasteiger partial charge in [0.15, 0.2) is 16.9 Å². The van der Waals surface area contributed by atoms with Crippen molar-refractivity contribution in [3.8, 4) is 0 Å². The number of esters is 1. The van der Waals surface area contributed by atoms with E-state index in [0.717, 1.165) is 17.1 Å². The van der Waals surface area contributed by atoms with Crippen molar-refractivity contribution in [2.75, 3.05) is 11.9 Å². The molecule has 0 saturated carbocycles. The van der Waals surface area contributed by atoms with E-state index < -0.39 is 12.1 Å². The SMILES string of the molecule is C=CCNc1nc(C(=O)O[C@H](C)C(=O)c2cc(C)n(Cc3ccco3)c2C)cs1. The van der Waals surface area contributed by atoms with E-state index in [1.807, 2.05) is 36.6 Å². The van der Waals surface area contributed by atoms with Crippen LogP contribution in [0, 0.1) is 13.8 Å². The van der Waals surface area contributed by atoms with E-state index in [1.165, 1.54) is 11.3 Å². The maximum Gasteiger partial charge on any atom is 0.358 e. The van der Waals surface area contributed by atoms with Crippen molar-refractivity contribution in [3.05, 3.63) is 70.9 Å². The summed E-state index contributed by atoms with van der Waals surface area (Å²) >= 11 is 1.29. The van der Waals surface area contributed by atoms with Gasteiger partial charge in [-0.15, -0.1) is 17.9 Å². The van der Waals surface area contributed by atoms with Gasteiger partial charge in [0, 0.05) is 28.9 Å². The Morgan fingerprint density at radius 1 is 1.45 bits per heavy atom. The number of aromatic nitrogens is 2. The van der Waals surface area contributed by atoms with Gasteiger partial charge in [0.05, 0.1) is 12.8 Å². The predicted octanol–water partition coefficient (Wildman–Crippen LogP) is 4.23. The average molecular weight is 413 g/mol. The number of furan rings is 1. The lowest BCUT2D eigenvalue weighted by molar-refractivity contribution is 0.0313. The van der Waals surface area contributed by atoms with Gasteiger partial charge in [-0.25, -0.2) is 9.78 Å². The zero-order valence-corrected chi connectivity index (χ0v) is 17.4. The molecule has 3 heterocycles. The minimum atomic E-state index is -0.925. The fourth-order valence-electron chi connectivity index (χ4n) is 2.95. The van der Waals surface area contributed by atoms with Gasteiger partial charge in [-0.3, -0.25) is 4.79 Å². The summed E-state index contributed by atoms with van der Waals surface area (Å²) in [6, 6.07) is 5.52. The monoisotopic (exact) mass is 413 g/mol. The molecule has 3 aromatic heterocycles. The summed E-state index contributed by atoms with van der Waals surface area (Å²) in [7, 11) is 0. The van der Waals surface area contributed by atoms with Crippen LogP contribution in [0.25, 0.3) is 0 Å². The molecule has 0 aliphatic carbocycles. The van der Waals surface area contributed by atoms with Crippen LogP contribution in [0.15, 0.2) is 46.9 Å². The number of ether oxygens (including phenoxy) is 1. The maximum absolute atomic E-state index is 12.9. The number of ketones is 1. The lowest BCUT2D eigenvalue weighted by Gasteiger charge is -2.12. The second-order valence-corrected chi connectivity index (χ2v) is 7.43. The highest BCUT2D eigenvalue weighted by Gasteiger charge is 2.25. The van der Waals surface area contributed by atoms with Gasteiger partial charge < -0.3 is 19.0 Å². The van der Waals surface area contributed by atoms with Crippen molar-refractivity contribution in [1.29, 1.82) is 0 Å². The molecule has 0 aliphatic heterocycles. The summed E-state index contributed by atoms with van der Waals surface area (Å²) in [4.78, 5) is 29.4. The fourth-order valence-corrected chi connectivity index (χ4v) is 3.64. The molecule has 0 spiro atoms. The number of hydrogen-bond donors (Lipinski definition) is 1. The van der Waals surface area contributed by atoms with E-state index in [9.17, 15) is 9.59 Å². The third-order valence-corrected chi connectivity index (χ3v) is 5.30. The van der Waals surface area contributed by atoms with Crippen molar-refractivity contribution in [1.82, 2.24) is 9.55 Å². The summed E-state index contributed by atoms with van der Waals surface area (Å²) < 4.78 is 12.8. The van der Waals surface area contributed by atoms with E-state index in [0.29, 0.717) is 23.8 Å². The number of carbonyl (C=O) groups excluding carboxylic acids is 2. The van der Waals surface area contributed by atoms with Crippen LogP contribution in [0.3, 0.4) is 0 Å². The van der Waals surface area contributed by atoms with Gasteiger partial charge in [0.25, 0.3) is 0 Å². The van der Waals surface area contributed by atoms with Crippen molar-refractivity contribution in [2.45, 2.75) is 33.4 Å². The zero-order valence-electron chi connectivity index (χ0n) is 16.6. The molecule has 0 fully saturated rings. The van der Waals surface area contributed by atoms with Gasteiger partial charge in [0.1, 0.15) is 5.76 Å². The molecule has 0 radical (unpaired) electrons. The fraction of sp³-hybridized carbons (Fsp3) is 0.286. The number of nitrogens with one attached hydrogen (secondary N) is 1. The Morgan fingerprint density at radius 2 is 2.24 bits per heavy atom. The number of hydrogen-bond acceptors (Lipinski definition) is 7. The van der Waals surface area contributed by atoms with Crippen LogP contribution < -0.4 is 5.32 Å². The largest absolute Gasteiger partial charge is 0.467 e. The van der Waals surface area contributed by atoms with Gasteiger partial charge in [-0.1, -0.05) is 6.08 Å². The Kier molecular flexibility index (Phi) is 6.33. The highest BCUT2D eigenvalue weighted by Crippen LogP contribution is 2.21. The third kappa shape index (κ3) is 4.65. The van der Waals surface area contributed by atoms with Crippen molar-refractivity contribution >= 4 is 28.2 Å². The van der Waals surface area contributed by atoms with Crippen LogP contribution >= 0.6 is 11.3 Å². The van der Waals surface area contributed by atoms with Crippen LogP contribution in [0.2, 0.25) is 0 Å². The Hall–Kier alpha value is -3.13. The molecule has 7 nitrogen and oxygen atoms in total. The lowest BCUT2D eigenvalue weighted by atomic mass is 10.1. The van der Waals surface area contributed by atoms with E-state index in [1.54, 1.807) is 24.6 Å². The topological polar surface area (TPSA) is 86.4 Å². The molecule has 0 unspecified atom stereocenters. The first-order chi connectivity index (χ1) is 13.9. The van der Waals surface area contributed by atoms with E-state index >= 15 is 0 Å².